The molecule has 0 saturated heterocycles. The Kier molecular flexibility index (Phi) is 4.78. The second-order valence-corrected chi connectivity index (χ2v) is 4.24. The summed E-state index contributed by atoms with van der Waals surface area (Å²) < 4.78 is 30.6. The average Bonchev–Trinajstić information content (AvgIpc) is 1.60. The van der Waals surface area contributed by atoms with E-state index < -0.39 is 15.7 Å². The van der Waals surface area contributed by atoms with Gasteiger partial charge in [0.15, 0.2) is 0 Å². The average molecular weight is 181 g/mol. The number of rotatable bonds is 3. The minimum Gasteiger partial charge on any atom is -0.748 e. The molecule has 0 atom stereocenters. The summed E-state index contributed by atoms with van der Waals surface area (Å²) in [5.41, 5.74) is -0.624. The minimum absolute atomic E-state index is 0. The molecule has 0 bridgehead atoms. The van der Waals surface area contributed by atoms with E-state index in [0.717, 1.165) is 0 Å². The molecule has 0 heterocycles. The molecule has 0 saturated carbocycles. The highest BCUT2D eigenvalue weighted by Crippen LogP contribution is 2.03. The summed E-state index contributed by atoms with van der Waals surface area (Å²) >= 11 is 0. The molecule has 0 aliphatic heterocycles. The van der Waals surface area contributed by atoms with E-state index in [0.29, 0.717) is 0 Å². The lowest BCUT2D eigenvalue weighted by Gasteiger charge is -2.24. The maximum Gasteiger partial charge on any atom is 0.0963 e. The fraction of sp³-hybridized carbons (Fsp3) is 0.833. The van der Waals surface area contributed by atoms with Gasteiger partial charge in [0.1, 0.15) is 0 Å². The molecule has 5 heteroatoms. The molecule has 0 rings (SSSR count). The smallest absolute Gasteiger partial charge is 0.0963 e. The Morgan fingerprint density at radius 2 is 1.82 bits per heavy atom. The summed E-state index contributed by atoms with van der Waals surface area (Å²) in [6.07, 6.45) is 0. The van der Waals surface area contributed by atoms with Crippen molar-refractivity contribution in [2.45, 2.75) is 19.4 Å². The third kappa shape index (κ3) is 7.64. The lowest BCUT2D eigenvalue weighted by molar-refractivity contribution is 0.417. The molecule has 1 N–H and O–H groups in total. The molecule has 0 unspecified atom stereocenters. The van der Waals surface area contributed by atoms with E-state index in [9.17, 15) is 13.0 Å². The van der Waals surface area contributed by atoms with Crippen LogP contribution in [0, 0.1) is 7.43 Å². The van der Waals surface area contributed by atoms with Crippen molar-refractivity contribution in [1.82, 2.24) is 5.32 Å². The van der Waals surface area contributed by atoms with Crippen molar-refractivity contribution in [1.29, 1.82) is 0 Å². The van der Waals surface area contributed by atoms with E-state index >= 15 is 0 Å². The summed E-state index contributed by atoms with van der Waals surface area (Å²) in [4.78, 5) is 0. The maximum absolute atomic E-state index is 10.2. The van der Waals surface area contributed by atoms with Gasteiger partial charge in [0.2, 0.25) is 0 Å². The van der Waals surface area contributed by atoms with Crippen LogP contribution in [0.25, 0.3) is 0 Å². The lowest BCUT2D eigenvalue weighted by Crippen LogP contribution is -2.42. The molecule has 0 aliphatic carbocycles. The topological polar surface area (TPSA) is 69.2 Å². The van der Waals surface area contributed by atoms with E-state index in [-0.39, 0.29) is 13.2 Å². The first-order chi connectivity index (χ1) is 4.27. The number of nitrogens with one attached hydrogen (secondary N) is 1. The van der Waals surface area contributed by atoms with Crippen molar-refractivity contribution in [3.05, 3.63) is 7.43 Å². The summed E-state index contributed by atoms with van der Waals surface area (Å²) in [7, 11) is -2.49. The van der Waals surface area contributed by atoms with Crippen LogP contribution < -0.4 is 5.32 Å². The Labute approximate surface area is 68.7 Å². The highest BCUT2D eigenvalue weighted by Gasteiger charge is 2.17. The van der Waals surface area contributed by atoms with Crippen molar-refractivity contribution in [3.8, 4) is 0 Å². The van der Waals surface area contributed by atoms with Gasteiger partial charge in [0, 0.05) is 13.0 Å². The van der Waals surface area contributed by atoms with Gasteiger partial charge in [-0.25, -0.2) is 8.42 Å². The lowest BCUT2D eigenvalue weighted by atomic mass is 10.1. The van der Waals surface area contributed by atoms with Crippen LogP contribution in [-0.2, 0) is 10.1 Å². The van der Waals surface area contributed by atoms with Crippen LogP contribution >= 0.6 is 0 Å². The predicted octanol–water partition coefficient (Wildman–Crippen LogP) is -0.0201. The van der Waals surface area contributed by atoms with Gasteiger partial charge < -0.3 is 9.87 Å². The largest absolute Gasteiger partial charge is 0.748 e. The Hall–Kier alpha value is -0.260. The number of hydrogen-bond donors (Lipinski definition) is 1. The van der Waals surface area contributed by atoms with E-state index in [1.165, 1.54) is 0 Å². The van der Waals surface area contributed by atoms with Crippen LogP contribution in [0.5, 0.6) is 0 Å². The first-order valence-electron chi connectivity index (χ1n) is 2.89. The van der Waals surface area contributed by atoms with Crippen molar-refractivity contribution < 1.29 is 13.0 Å². The van der Waals surface area contributed by atoms with Gasteiger partial charge in [-0.1, -0.05) is 0 Å². The van der Waals surface area contributed by atoms with E-state index in [1.807, 2.05) is 0 Å². The fourth-order valence-electron chi connectivity index (χ4n) is 0.514. The standard InChI is InChI=1S/C5H13NO3S.CH3/c1-5(2,6-3)4-10(7,8)9;/h6H,4H2,1-3H3,(H,7,8,9);1H3/q;+1/p-1. The minimum atomic E-state index is -4.11. The SMILES string of the molecule is CNC(C)(C)CS(=O)(=O)[O-].[CH3+]. The van der Waals surface area contributed by atoms with Crippen LogP contribution in [0.2, 0.25) is 0 Å². The fourth-order valence-corrected chi connectivity index (χ4v) is 1.54. The van der Waals surface area contributed by atoms with Gasteiger partial charge in [-0.2, -0.15) is 0 Å². The zero-order valence-corrected chi connectivity index (χ0v) is 8.16. The van der Waals surface area contributed by atoms with E-state index in [2.05, 4.69) is 5.32 Å². The van der Waals surface area contributed by atoms with Gasteiger partial charge in [0.25, 0.3) is 0 Å². The van der Waals surface area contributed by atoms with Gasteiger partial charge in [0.05, 0.1) is 15.9 Å². The zero-order chi connectivity index (χ0) is 8.41. The highest BCUT2D eigenvalue weighted by molar-refractivity contribution is 7.85. The molecule has 0 fully saturated rings. The molecule has 11 heavy (non-hydrogen) atoms. The number of hydrogen-bond acceptors (Lipinski definition) is 4. The Bertz CT molecular complexity index is 196. The quantitative estimate of drug-likeness (QED) is 0.490. The first-order valence-corrected chi connectivity index (χ1v) is 4.47. The van der Waals surface area contributed by atoms with Gasteiger partial charge in [-0.3, -0.25) is 0 Å². The van der Waals surface area contributed by atoms with Crippen LogP contribution in [0.4, 0.5) is 0 Å². The third-order valence-electron chi connectivity index (χ3n) is 1.21. The van der Waals surface area contributed by atoms with Crippen LogP contribution in [0.3, 0.4) is 0 Å². The molecule has 68 valence electrons. The summed E-state index contributed by atoms with van der Waals surface area (Å²) in [6.45, 7) is 3.31. The molecular formula is C6H15NO3S. The van der Waals surface area contributed by atoms with Crippen LogP contribution in [-0.4, -0.2) is 31.3 Å². The Morgan fingerprint density at radius 3 is 1.91 bits per heavy atom. The van der Waals surface area contributed by atoms with Crippen LogP contribution in [0.1, 0.15) is 13.8 Å². The van der Waals surface area contributed by atoms with Crippen molar-refractivity contribution in [3.63, 3.8) is 0 Å². The molecular weight excluding hydrogens is 166 g/mol. The summed E-state index contributed by atoms with van der Waals surface area (Å²) in [5.74, 6) is -0.378. The van der Waals surface area contributed by atoms with Gasteiger partial charge in [-0.05, 0) is 20.9 Å². The zero-order valence-electron chi connectivity index (χ0n) is 7.34. The molecule has 0 amide bonds. The normalized spacial score (nSPS) is 12.4. The van der Waals surface area contributed by atoms with Gasteiger partial charge >= 0.3 is 0 Å². The predicted molar refractivity (Wildman–Crippen MR) is 44.1 cm³/mol. The van der Waals surface area contributed by atoms with E-state index in [1.54, 1.807) is 20.9 Å². The van der Waals surface area contributed by atoms with Crippen molar-refractivity contribution >= 4 is 10.1 Å². The molecule has 4 nitrogen and oxygen atoms in total. The third-order valence-corrected chi connectivity index (χ3v) is 2.29. The van der Waals surface area contributed by atoms with Crippen LogP contribution in [0.15, 0.2) is 0 Å². The first kappa shape index (κ1) is 13.3. The molecule has 0 spiro atoms. The molecule has 0 radical (unpaired) electrons. The van der Waals surface area contributed by atoms with E-state index in [4.69, 9.17) is 0 Å². The summed E-state index contributed by atoms with van der Waals surface area (Å²) in [5, 5.41) is 2.72. The molecule has 0 aromatic carbocycles. The van der Waals surface area contributed by atoms with Gasteiger partial charge in [-0.15, -0.1) is 0 Å². The molecule has 0 aliphatic rings. The maximum atomic E-state index is 10.2. The Balaban J connectivity index is 0. The monoisotopic (exact) mass is 181 g/mol. The molecule has 0 aromatic heterocycles. The molecule has 0 aromatic rings. The van der Waals surface area contributed by atoms with Crippen molar-refractivity contribution in [2.24, 2.45) is 0 Å². The summed E-state index contributed by atoms with van der Waals surface area (Å²) in [6, 6.07) is 0. The second kappa shape index (κ2) is 3.94. The highest BCUT2D eigenvalue weighted by atomic mass is 32.2. The Morgan fingerprint density at radius 1 is 1.45 bits per heavy atom. The van der Waals surface area contributed by atoms with Crippen molar-refractivity contribution in [2.75, 3.05) is 12.8 Å². The second-order valence-electron chi connectivity index (χ2n) is 2.84.